The maximum absolute atomic E-state index is 12.5. The summed E-state index contributed by atoms with van der Waals surface area (Å²) >= 11 is 0. The Morgan fingerprint density at radius 3 is 2.69 bits per heavy atom. The molecule has 2 N–H and O–H groups in total. The SMILES string of the molecule is COCCOc1cc(C)c2c(c1C)[C@H](O)[C@@H]([C@H](C)C(=O)NC1CC1)CC2. The van der Waals surface area contributed by atoms with Crippen molar-refractivity contribution >= 4 is 5.91 Å². The minimum atomic E-state index is -0.636. The second-order valence-corrected chi connectivity index (χ2v) is 7.77. The molecular weight excluding hydrogens is 330 g/mol. The first-order valence-corrected chi connectivity index (χ1v) is 9.67. The number of carbonyl (C=O) groups excluding carboxylic acids is 1. The summed E-state index contributed by atoms with van der Waals surface area (Å²) in [5.41, 5.74) is 4.29. The summed E-state index contributed by atoms with van der Waals surface area (Å²) in [7, 11) is 1.65. The molecule has 1 aromatic carbocycles. The van der Waals surface area contributed by atoms with Gasteiger partial charge in [0.1, 0.15) is 12.4 Å². The largest absolute Gasteiger partial charge is 0.491 e. The highest BCUT2D eigenvalue weighted by atomic mass is 16.5. The van der Waals surface area contributed by atoms with Gasteiger partial charge in [0.15, 0.2) is 0 Å². The van der Waals surface area contributed by atoms with Gasteiger partial charge in [-0.3, -0.25) is 4.79 Å². The van der Waals surface area contributed by atoms with Crippen LogP contribution in [0.15, 0.2) is 6.07 Å². The molecule has 1 amide bonds. The number of hydrogen-bond donors (Lipinski definition) is 2. The van der Waals surface area contributed by atoms with Crippen LogP contribution in [0.3, 0.4) is 0 Å². The quantitative estimate of drug-likeness (QED) is 0.733. The number of rotatable bonds is 7. The Bertz CT molecular complexity index is 668. The van der Waals surface area contributed by atoms with Gasteiger partial charge in [-0.1, -0.05) is 6.92 Å². The van der Waals surface area contributed by atoms with Crippen LogP contribution in [0.2, 0.25) is 0 Å². The maximum Gasteiger partial charge on any atom is 0.223 e. The molecule has 0 bridgehead atoms. The van der Waals surface area contributed by atoms with Crippen molar-refractivity contribution in [2.45, 2.75) is 58.6 Å². The molecule has 26 heavy (non-hydrogen) atoms. The fraction of sp³-hybridized carbons (Fsp3) is 0.667. The summed E-state index contributed by atoms with van der Waals surface area (Å²) in [6.07, 6.45) is 3.24. The molecule has 2 aliphatic carbocycles. The van der Waals surface area contributed by atoms with Crippen LogP contribution in [-0.2, 0) is 16.0 Å². The van der Waals surface area contributed by atoms with Gasteiger partial charge in [-0.15, -0.1) is 0 Å². The van der Waals surface area contributed by atoms with Crippen molar-refractivity contribution in [3.8, 4) is 5.75 Å². The molecule has 0 unspecified atom stereocenters. The highest BCUT2D eigenvalue weighted by Gasteiger charge is 2.38. The molecule has 0 spiro atoms. The molecule has 5 heteroatoms. The van der Waals surface area contributed by atoms with E-state index in [1.54, 1.807) is 7.11 Å². The molecule has 144 valence electrons. The number of nitrogens with one attached hydrogen (secondary N) is 1. The van der Waals surface area contributed by atoms with Gasteiger partial charge in [-0.05, 0) is 67.9 Å². The van der Waals surface area contributed by atoms with Crippen molar-refractivity contribution < 1.29 is 19.4 Å². The Morgan fingerprint density at radius 2 is 2.04 bits per heavy atom. The van der Waals surface area contributed by atoms with Crippen LogP contribution in [-0.4, -0.2) is 37.4 Å². The number of fused-ring (bicyclic) bond motifs is 1. The summed E-state index contributed by atoms with van der Waals surface area (Å²) in [5, 5.41) is 14.2. The van der Waals surface area contributed by atoms with E-state index in [-0.39, 0.29) is 17.7 Å². The number of carbonyl (C=O) groups is 1. The average Bonchev–Trinajstić information content (AvgIpc) is 3.42. The van der Waals surface area contributed by atoms with Gasteiger partial charge < -0.3 is 19.9 Å². The van der Waals surface area contributed by atoms with E-state index in [1.165, 1.54) is 5.56 Å². The molecule has 0 saturated heterocycles. The second-order valence-electron chi connectivity index (χ2n) is 7.77. The molecule has 1 aromatic rings. The van der Waals surface area contributed by atoms with E-state index >= 15 is 0 Å². The van der Waals surface area contributed by atoms with E-state index < -0.39 is 6.10 Å². The van der Waals surface area contributed by atoms with E-state index in [0.717, 1.165) is 48.1 Å². The van der Waals surface area contributed by atoms with Crippen molar-refractivity contribution in [3.63, 3.8) is 0 Å². The number of benzene rings is 1. The third-order valence-corrected chi connectivity index (χ3v) is 5.88. The van der Waals surface area contributed by atoms with E-state index in [1.807, 2.05) is 13.8 Å². The van der Waals surface area contributed by atoms with Crippen LogP contribution < -0.4 is 10.1 Å². The van der Waals surface area contributed by atoms with Crippen molar-refractivity contribution in [1.29, 1.82) is 0 Å². The number of amides is 1. The molecule has 3 rings (SSSR count). The lowest BCUT2D eigenvalue weighted by Crippen LogP contribution is -2.38. The predicted octanol–water partition coefficient (Wildman–Crippen LogP) is 2.84. The maximum atomic E-state index is 12.5. The molecule has 0 radical (unpaired) electrons. The molecule has 0 heterocycles. The van der Waals surface area contributed by atoms with Crippen LogP contribution in [0, 0.1) is 25.7 Å². The highest BCUT2D eigenvalue weighted by molar-refractivity contribution is 5.79. The number of methoxy groups -OCH3 is 1. The second kappa shape index (κ2) is 7.97. The van der Waals surface area contributed by atoms with Crippen LogP contribution in [0.1, 0.15) is 54.5 Å². The third-order valence-electron chi connectivity index (χ3n) is 5.88. The lowest BCUT2D eigenvalue weighted by atomic mass is 9.72. The first-order valence-electron chi connectivity index (χ1n) is 9.67. The lowest BCUT2D eigenvalue weighted by molar-refractivity contribution is -0.128. The summed E-state index contributed by atoms with van der Waals surface area (Å²) in [6.45, 7) is 7.02. The summed E-state index contributed by atoms with van der Waals surface area (Å²) in [4.78, 5) is 12.5. The zero-order chi connectivity index (χ0) is 18.8. The minimum absolute atomic E-state index is 0.0615. The predicted molar refractivity (Wildman–Crippen MR) is 100 cm³/mol. The molecule has 2 aliphatic rings. The summed E-state index contributed by atoms with van der Waals surface area (Å²) in [5.74, 6) is 0.611. The van der Waals surface area contributed by atoms with E-state index in [2.05, 4.69) is 18.3 Å². The normalized spacial score (nSPS) is 23.3. The fourth-order valence-corrected chi connectivity index (χ4v) is 4.04. The Labute approximate surface area is 156 Å². The zero-order valence-corrected chi connectivity index (χ0v) is 16.3. The standard InChI is InChI=1S/C21H31NO4/c1-12-11-18(26-10-9-25-4)14(3)19-16(12)7-8-17(20(19)23)13(2)21(24)22-15-5-6-15/h11,13,15,17,20,23H,5-10H2,1-4H3,(H,22,24)/t13-,17+,20+/m0/s1. The van der Waals surface area contributed by atoms with E-state index in [4.69, 9.17) is 9.47 Å². The molecular formula is C21H31NO4. The molecule has 5 nitrogen and oxygen atoms in total. The molecule has 0 aliphatic heterocycles. The van der Waals surface area contributed by atoms with E-state index in [9.17, 15) is 9.90 Å². The Balaban J connectivity index is 1.82. The molecule has 3 atom stereocenters. The van der Waals surface area contributed by atoms with Crippen LogP contribution >= 0.6 is 0 Å². The highest BCUT2D eigenvalue weighted by Crippen LogP contribution is 2.44. The third kappa shape index (κ3) is 3.89. The lowest BCUT2D eigenvalue weighted by Gasteiger charge is -2.36. The summed E-state index contributed by atoms with van der Waals surface area (Å²) in [6, 6.07) is 2.41. The Kier molecular flexibility index (Phi) is 5.88. The smallest absolute Gasteiger partial charge is 0.223 e. The van der Waals surface area contributed by atoms with Crippen LogP contribution in [0.5, 0.6) is 5.75 Å². The van der Waals surface area contributed by atoms with Crippen molar-refractivity contribution in [3.05, 3.63) is 28.3 Å². The van der Waals surface area contributed by atoms with E-state index in [0.29, 0.717) is 19.3 Å². The van der Waals surface area contributed by atoms with Gasteiger partial charge in [0.05, 0.1) is 12.7 Å². The first-order chi connectivity index (χ1) is 12.4. The molecule has 1 fully saturated rings. The zero-order valence-electron chi connectivity index (χ0n) is 16.3. The Hall–Kier alpha value is -1.59. The van der Waals surface area contributed by atoms with Gasteiger partial charge in [-0.2, -0.15) is 0 Å². The molecule has 1 saturated carbocycles. The van der Waals surface area contributed by atoms with Crippen LogP contribution in [0.4, 0.5) is 0 Å². The van der Waals surface area contributed by atoms with Gasteiger partial charge in [0.25, 0.3) is 0 Å². The minimum Gasteiger partial charge on any atom is -0.491 e. The number of aryl methyl sites for hydroxylation is 1. The summed E-state index contributed by atoms with van der Waals surface area (Å²) < 4.78 is 10.9. The van der Waals surface area contributed by atoms with Gasteiger partial charge in [0, 0.05) is 25.0 Å². The number of hydrogen-bond acceptors (Lipinski definition) is 4. The van der Waals surface area contributed by atoms with Crippen LogP contribution in [0.25, 0.3) is 0 Å². The van der Waals surface area contributed by atoms with Gasteiger partial charge in [0.2, 0.25) is 5.91 Å². The average molecular weight is 361 g/mol. The van der Waals surface area contributed by atoms with Crippen molar-refractivity contribution in [2.24, 2.45) is 11.8 Å². The monoisotopic (exact) mass is 361 g/mol. The topological polar surface area (TPSA) is 67.8 Å². The first kappa shape index (κ1) is 19.2. The Morgan fingerprint density at radius 1 is 1.31 bits per heavy atom. The van der Waals surface area contributed by atoms with Crippen molar-refractivity contribution in [1.82, 2.24) is 5.32 Å². The fourth-order valence-electron chi connectivity index (χ4n) is 4.04. The number of aliphatic hydroxyl groups excluding tert-OH is 1. The van der Waals surface area contributed by atoms with Gasteiger partial charge in [-0.25, -0.2) is 0 Å². The number of aliphatic hydroxyl groups is 1. The number of ether oxygens (including phenoxy) is 2. The van der Waals surface area contributed by atoms with Crippen molar-refractivity contribution in [2.75, 3.05) is 20.3 Å². The molecule has 0 aromatic heterocycles. The van der Waals surface area contributed by atoms with Gasteiger partial charge >= 0.3 is 0 Å².